The van der Waals surface area contributed by atoms with Crippen LogP contribution in [0.2, 0.25) is 5.02 Å². The minimum absolute atomic E-state index is 0.0418. The molecule has 8 heteroatoms. The van der Waals surface area contributed by atoms with Gasteiger partial charge in [0.15, 0.2) is 5.11 Å². The van der Waals surface area contributed by atoms with E-state index >= 15 is 0 Å². The fourth-order valence-corrected chi connectivity index (χ4v) is 3.99. The molecule has 2 aromatic carbocycles. The molecule has 0 unspecified atom stereocenters. The lowest BCUT2D eigenvalue weighted by molar-refractivity contribution is -0.122. The molecule has 0 atom stereocenters. The fourth-order valence-electron chi connectivity index (χ4n) is 3.58. The highest BCUT2D eigenvalue weighted by Crippen LogP contribution is 2.27. The van der Waals surface area contributed by atoms with E-state index in [4.69, 9.17) is 23.8 Å². The molecule has 0 aromatic heterocycles. The van der Waals surface area contributed by atoms with E-state index < -0.39 is 11.8 Å². The van der Waals surface area contributed by atoms with Gasteiger partial charge in [0.2, 0.25) is 0 Å². The second-order valence-corrected chi connectivity index (χ2v) is 8.11. The lowest BCUT2D eigenvalue weighted by atomic mass is 10.0. The van der Waals surface area contributed by atoms with Crippen molar-refractivity contribution in [1.82, 2.24) is 10.2 Å². The van der Waals surface area contributed by atoms with E-state index in [0.29, 0.717) is 10.7 Å². The highest BCUT2D eigenvalue weighted by molar-refractivity contribution is 7.80. The second-order valence-electron chi connectivity index (χ2n) is 7.28. The molecule has 30 heavy (non-hydrogen) atoms. The fraction of sp³-hybridized carbons (Fsp3) is 0.227. The average Bonchev–Trinajstić information content (AvgIpc) is 2.73. The first kappa shape index (κ1) is 20.5. The molecule has 0 saturated carbocycles. The molecule has 2 aliphatic heterocycles. The summed E-state index contributed by atoms with van der Waals surface area (Å²) in [6.45, 7) is 3.70. The summed E-state index contributed by atoms with van der Waals surface area (Å²) in [6.07, 6.45) is 1.65. The summed E-state index contributed by atoms with van der Waals surface area (Å²) < 4.78 is 0. The van der Waals surface area contributed by atoms with Crippen LogP contribution in [0.15, 0.2) is 54.1 Å². The molecule has 2 heterocycles. The molecule has 2 saturated heterocycles. The molecular formula is C22H21ClN4O2S. The summed E-state index contributed by atoms with van der Waals surface area (Å²) >= 11 is 11.2. The maximum Gasteiger partial charge on any atom is 0.270 e. The van der Waals surface area contributed by atoms with Gasteiger partial charge in [-0.15, -0.1) is 0 Å². The molecular weight excluding hydrogens is 420 g/mol. The first-order valence-corrected chi connectivity index (χ1v) is 10.4. The summed E-state index contributed by atoms with van der Waals surface area (Å²) in [5, 5.41) is 3.23. The SMILES string of the molecule is CN1CCN(c2ccccc2C=C2C(=O)NC(=S)N(c3ccc(Cl)cc3)C2=O)CC1. The number of anilines is 2. The molecule has 4 rings (SSSR count). The summed E-state index contributed by atoms with van der Waals surface area (Å²) in [5.74, 6) is -0.956. The number of nitrogens with zero attached hydrogens (tertiary/aromatic N) is 3. The third kappa shape index (κ3) is 4.09. The Hall–Kier alpha value is -2.74. The van der Waals surface area contributed by atoms with Gasteiger partial charge in [-0.3, -0.25) is 19.8 Å². The van der Waals surface area contributed by atoms with Crippen molar-refractivity contribution in [1.29, 1.82) is 0 Å². The molecule has 0 bridgehead atoms. The van der Waals surface area contributed by atoms with E-state index in [9.17, 15) is 9.59 Å². The van der Waals surface area contributed by atoms with E-state index in [1.165, 1.54) is 4.90 Å². The van der Waals surface area contributed by atoms with Crippen LogP contribution in [0.4, 0.5) is 11.4 Å². The Bertz CT molecular complexity index is 1030. The maximum absolute atomic E-state index is 13.2. The van der Waals surface area contributed by atoms with Gasteiger partial charge in [0.05, 0.1) is 5.69 Å². The molecule has 154 valence electrons. The molecule has 2 fully saturated rings. The van der Waals surface area contributed by atoms with Gasteiger partial charge >= 0.3 is 0 Å². The summed E-state index contributed by atoms with van der Waals surface area (Å²) in [4.78, 5) is 31.7. The van der Waals surface area contributed by atoms with E-state index in [2.05, 4.69) is 22.2 Å². The van der Waals surface area contributed by atoms with Crippen LogP contribution in [0.25, 0.3) is 6.08 Å². The van der Waals surface area contributed by atoms with E-state index in [0.717, 1.165) is 37.4 Å². The summed E-state index contributed by atoms with van der Waals surface area (Å²) in [6, 6.07) is 14.5. The minimum Gasteiger partial charge on any atom is -0.368 e. The quantitative estimate of drug-likeness (QED) is 0.452. The zero-order valence-corrected chi connectivity index (χ0v) is 18.0. The summed E-state index contributed by atoms with van der Waals surface area (Å²) in [5.41, 5.74) is 2.42. The number of hydrogen-bond donors (Lipinski definition) is 1. The highest BCUT2D eigenvalue weighted by Gasteiger charge is 2.34. The number of carbonyl (C=O) groups excluding carboxylic acids is 2. The van der Waals surface area contributed by atoms with Crippen molar-refractivity contribution >= 4 is 58.2 Å². The monoisotopic (exact) mass is 440 g/mol. The third-order valence-electron chi connectivity index (χ3n) is 5.27. The number of thiocarbonyl (C=S) groups is 1. The van der Waals surface area contributed by atoms with Crippen LogP contribution in [0.1, 0.15) is 5.56 Å². The first-order valence-electron chi connectivity index (χ1n) is 9.63. The number of benzene rings is 2. The number of hydrogen-bond acceptors (Lipinski definition) is 5. The number of para-hydroxylation sites is 1. The third-order valence-corrected chi connectivity index (χ3v) is 5.80. The smallest absolute Gasteiger partial charge is 0.270 e. The molecule has 0 spiro atoms. The maximum atomic E-state index is 13.2. The predicted octanol–water partition coefficient (Wildman–Crippen LogP) is 2.92. The van der Waals surface area contributed by atoms with Crippen LogP contribution in [0.5, 0.6) is 0 Å². The molecule has 2 aliphatic rings. The number of nitrogens with one attached hydrogen (secondary N) is 1. The summed E-state index contributed by atoms with van der Waals surface area (Å²) in [7, 11) is 2.10. The zero-order valence-electron chi connectivity index (χ0n) is 16.5. The van der Waals surface area contributed by atoms with Crippen molar-refractivity contribution in [2.45, 2.75) is 0 Å². The van der Waals surface area contributed by atoms with Gasteiger partial charge in [-0.25, -0.2) is 0 Å². The van der Waals surface area contributed by atoms with Crippen LogP contribution < -0.4 is 15.1 Å². The van der Waals surface area contributed by atoms with Crippen molar-refractivity contribution in [3.05, 3.63) is 64.7 Å². The van der Waals surface area contributed by atoms with Gasteiger partial charge in [-0.2, -0.15) is 0 Å². The lowest BCUT2D eigenvalue weighted by Crippen LogP contribution is -2.54. The van der Waals surface area contributed by atoms with Crippen molar-refractivity contribution in [2.24, 2.45) is 0 Å². The van der Waals surface area contributed by atoms with Gasteiger partial charge in [-0.1, -0.05) is 29.8 Å². The molecule has 2 aromatic rings. The number of carbonyl (C=O) groups is 2. The van der Waals surface area contributed by atoms with Crippen molar-refractivity contribution in [3.63, 3.8) is 0 Å². The average molecular weight is 441 g/mol. The lowest BCUT2D eigenvalue weighted by Gasteiger charge is -2.35. The molecule has 1 N–H and O–H groups in total. The Morgan fingerprint density at radius 1 is 1.00 bits per heavy atom. The van der Waals surface area contributed by atoms with E-state index in [-0.39, 0.29) is 10.7 Å². The van der Waals surface area contributed by atoms with Gasteiger partial charge in [0.1, 0.15) is 5.57 Å². The minimum atomic E-state index is -0.497. The number of piperazine rings is 1. The molecule has 0 aliphatic carbocycles. The van der Waals surface area contributed by atoms with Crippen molar-refractivity contribution in [2.75, 3.05) is 43.0 Å². The topological polar surface area (TPSA) is 55.9 Å². The van der Waals surface area contributed by atoms with Crippen LogP contribution in [-0.2, 0) is 9.59 Å². The van der Waals surface area contributed by atoms with E-state index in [1.807, 2.05) is 24.3 Å². The van der Waals surface area contributed by atoms with Crippen LogP contribution in [0.3, 0.4) is 0 Å². The van der Waals surface area contributed by atoms with Crippen LogP contribution in [-0.4, -0.2) is 55.1 Å². The predicted molar refractivity (Wildman–Crippen MR) is 124 cm³/mol. The number of halogens is 1. The van der Waals surface area contributed by atoms with Gasteiger partial charge < -0.3 is 9.80 Å². The van der Waals surface area contributed by atoms with Crippen molar-refractivity contribution < 1.29 is 9.59 Å². The Balaban J connectivity index is 1.69. The number of rotatable bonds is 3. The largest absolute Gasteiger partial charge is 0.368 e. The van der Waals surface area contributed by atoms with Gasteiger partial charge in [0.25, 0.3) is 11.8 Å². The highest BCUT2D eigenvalue weighted by atomic mass is 35.5. The zero-order chi connectivity index (χ0) is 21.3. The molecule has 6 nitrogen and oxygen atoms in total. The normalized spacial score (nSPS) is 19.4. The number of likely N-dealkylation sites (N-methyl/N-ethyl adjacent to an activating group) is 1. The first-order chi connectivity index (χ1) is 14.4. The van der Waals surface area contributed by atoms with E-state index in [1.54, 1.807) is 30.3 Å². The Kier molecular flexibility index (Phi) is 5.85. The van der Waals surface area contributed by atoms with Crippen LogP contribution in [0, 0.1) is 0 Å². The molecule has 2 amide bonds. The van der Waals surface area contributed by atoms with Gasteiger partial charge in [0, 0.05) is 36.9 Å². The van der Waals surface area contributed by atoms with Crippen molar-refractivity contribution in [3.8, 4) is 0 Å². The Morgan fingerprint density at radius 3 is 2.37 bits per heavy atom. The molecule has 0 radical (unpaired) electrons. The number of amides is 2. The Labute approximate surface area is 185 Å². The second kappa shape index (κ2) is 8.55. The Morgan fingerprint density at radius 2 is 1.67 bits per heavy atom. The van der Waals surface area contributed by atoms with Gasteiger partial charge in [-0.05, 0) is 61.2 Å². The standard InChI is InChI=1S/C22H21ClN4O2S/c1-25-10-12-26(13-11-25)19-5-3-2-4-15(19)14-18-20(28)24-22(30)27(21(18)29)17-8-6-16(23)7-9-17/h2-9,14H,10-13H2,1H3,(H,24,28,30). The van der Waals surface area contributed by atoms with Crippen LogP contribution >= 0.6 is 23.8 Å².